The van der Waals surface area contributed by atoms with Crippen molar-refractivity contribution in [2.24, 2.45) is 5.41 Å². The van der Waals surface area contributed by atoms with E-state index in [4.69, 9.17) is 9.47 Å². The van der Waals surface area contributed by atoms with Crippen LogP contribution in [0.5, 0.6) is 0 Å². The average Bonchev–Trinajstić information content (AvgIpc) is 2.45. The van der Waals surface area contributed by atoms with Crippen molar-refractivity contribution in [3.05, 3.63) is 12.2 Å². The third-order valence-electron chi connectivity index (χ3n) is 3.96. The zero-order valence-corrected chi connectivity index (χ0v) is 19.5. The molecule has 0 aliphatic carbocycles. The standard InChI is InChI=1S/C19H38O4Si2/c1-9-12-19(2,17(20)22-13-10-15-24(3,4)5)18(21)23-14-11-16-25(6,7)8/h9,12H,10-11,13-16H2,1-8H3. The fourth-order valence-electron chi connectivity index (χ4n) is 2.39. The Labute approximate surface area is 156 Å². The highest BCUT2D eigenvalue weighted by atomic mass is 28.3. The summed E-state index contributed by atoms with van der Waals surface area (Å²) in [6.07, 6.45) is 4.97. The van der Waals surface area contributed by atoms with Crippen molar-refractivity contribution < 1.29 is 19.1 Å². The van der Waals surface area contributed by atoms with Gasteiger partial charge in [-0.1, -0.05) is 63.5 Å². The van der Waals surface area contributed by atoms with Crippen molar-refractivity contribution in [1.29, 1.82) is 0 Å². The van der Waals surface area contributed by atoms with E-state index in [0.29, 0.717) is 13.2 Å². The van der Waals surface area contributed by atoms with Crippen LogP contribution in [-0.4, -0.2) is 41.3 Å². The molecule has 0 heterocycles. The highest BCUT2D eigenvalue weighted by Crippen LogP contribution is 2.24. The van der Waals surface area contributed by atoms with Crippen LogP contribution in [0, 0.1) is 5.41 Å². The highest BCUT2D eigenvalue weighted by molar-refractivity contribution is 6.76. The molecule has 0 aromatic heterocycles. The third-order valence-corrected chi connectivity index (χ3v) is 7.66. The van der Waals surface area contributed by atoms with E-state index < -0.39 is 33.5 Å². The van der Waals surface area contributed by atoms with Gasteiger partial charge in [-0.05, 0) is 26.7 Å². The lowest BCUT2D eigenvalue weighted by atomic mass is 9.90. The molecule has 0 radical (unpaired) electrons. The second-order valence-electron chi connectivity index (χ2n) is 9.30. The van der Waals surface area contributed by atoms with Gasteiger partial charge in [-0.2, -0.15) is 0 Å². The van der Waals surface area contributed by atoms with E-state index in [1.807, 2.05) is 0 Å². The molecule has 0 rings (SSSR count). The number of esters is 2. The van der Waals surface area contributed by atoms with Gasteiger partial charge in [0, 0.05) is 16.1 Å². The van der Waals surface area contributed by atoms with E-state index in [2.05, 4.69) is 39.3 Å². The summed E-state index contributed by atoms with van der Waals surface area (Å²) in [6, 6.07) is 2.20. The summed E-state index contributed by atoms with van der Waals surface area (Å²) in [5.74, 6) is -1.03. The molecule has 0 saturated heterocycles. The van der Waals surface area contributed by atoms with Crippen LogP contribution in [0.15, 0.2) is 12.2 Å². The van der Waals surface area contributed by atoms with E-state index in [9.17, 15) is 9.59 Å². The average molecular weight is 387 g/mol. The second kappa shape index (κ2) is 10.3. The molecule has 0 aromatic carbocycles. The van der Waals surface area contributed by atoms with Crippen LogP contribution >= 0.6 is 0 Å². The fourth-order valence-corrected chi connectivity index (χ4v) is 4.80. The summed E-state index contributed by atoms with van der Waals surface area (Å²) < 4.78 is 10.7. The van der Waals surface area contributed by atoms with Gasteiger partial charge < -0.3 is 9.47 Å². The zero-order valence-electron chi connectivity index (χ0n) is 17.5. The number of hydrogen-bond donors (Lipinski definition) is 0. The minimum Gasteiger partial charge on any atom is -0.465 e. The van der Waals surface area contributed by atoms with Gasteiger partial charge in [0.25, 0.3) is 0 Å². The fraction of sp³-hybridized carbons (Fsp3) is 0.789. The van der Waals surface area contributed by atoms with Crippen LogP contribution in [0.25, 0.3) is 0 Å². The van der Waals surface area contributed by atoms with Gasteiger partial charge in [-0.15, -0.1) is 0 Å². The number of ether oxygens (including phenoxy) is 2. The minimum atomic E-state index is -1.35. The predicted molar refractivity (Wildman–Crippen MR) is 110 cm³/mol. The van der Waals surface area contributed by atoms with Gasteiger partial charge in [0.15, 0.2) is 5.41 Å². The molecule has 0 spiro atoms. The van der Waals surface area contributed by atoms with Crippen molar-refractivity contribution >= 4 is 28.1 Å². The van der Waals surface area contributed by atoms with Gasteiger partial charge in [-0.25, -0.2) is 0 Å². The summed E-state index contributed by atoms with van der Waals surface area (Å²) in [6.45, 7) is 17.8. The molecule has 0 atom stereocenters. The molecule has 0 aromatic rings. The first-order chi connectivity index (χ1) is 11.3. The van der Waals surface area contributed by atoms with Crippen molar-refractivity contribution in [2.75, 3.05) is 13.2 Å². The molecule has 4 nitrogen and oxygen atoms in total. The van der Waals surface area contributed by atoms with Crippen LogP contribution in [-0.2, 0) is 19.1 Å². The summed E-state index contributed by atoms with van der Waals surface area (Å²) in [5.41, 5.74) is -1.35. The normalized spacial score (nSPS) is 13.1. The summed E-state index contributed by atoms with van der Waals surface area (Å²) in [7, 11) is -2.29. The first-order valence-corrected chi connectivity index (χ1v) is 16.7. The van der Waals surface area contributed by atoms with Gasteiger partial charge in [-0.3, -0.25) is 9.59 Å². The molecular formula is C19H38O4Si2. The van der Waals surface area contributed by atoms with Gasteiger partial charge in [0.2, 0.25) is 0 Å². The van der Waals surface area contributed by atoms with Crippen molar-refractivity contribution in [3.8, 4) is 0 Å². The monoisotopic (exact) mass is 386 g/mol. The topological polar surface area (TPSA) is 52.6 Å². The SMILES string of the molecule is CC=CC(C)(C(=O)OCCC[Si](C)(C)C)C(=O)OCCC[Si](C)(C)C. The molecule has 6 heteroatoms. The third kappa shape index (κ3) is 10.6. The zero-order chi connectivity index (χ0) is 19.7. The minimum absolute atomic E-state index is 0.360. The Kier molecular flexibility index (Phi) is 9.94. The number of carbonyl (C=O) groups excluding carboxylic acids is 2. The first-order valence-electron chi connectivity index (χ1n) is 9.30. The maximum Gasteiger partial charge on any atom is 0.327 e. The van der Waals surface area contributed by atoms with E-state index in [-0.39, 0.29) is 0 Å². The molecule has 0 N–H and O–H groups in total. The van der Waals surface area contributed by atoms with Crippen LogP contribution in [0.4, 0.5) is 0 Å². The van der Waals surface area contributed by atoms with E-state index in [1.165, 1.54) is 0 Å². The summed E-state index contributed by atoms with van der Waals surface area (Å²) in [4.78, 5) is 24.9. The number of allylic oxidation sites excluding steroid dienone is 1. The first kappa shape index (κ1) is 24.1. The molecule has 146 valence electrons. The molecule has 0 aliphatic heterocycles. The Morgan fingerprint density at radius 2 is 1.20 bits per heavy atom. The Bertz CT molecular complexity index is 425. The van der Waals surface area contributed by atoms with Gasteiger partial charge in [0.1, 0.15) is 0 Å². The molecule has 25 heavy (non-hydrogen) atoms. The Balaban J connectivity index is 4.58. The quantitative estimate of drug-likeness (QED) is 0.163. The van der Waals surface area contributed by atoms with E-state index >= 15 is 0 Å². The number of rotatable bonds is 11. The smallest absolute Gasteiger partial charge is 0.327 e. The summed E-state index contributed by atoms with van der Waals surface area (Å²) >= 11 is 0. The molecule has 0 fully saturated rings. The maximum absolute atomic E-state index is 12.5. The lowest BCUT2D eigenvalue weighted by molar-refractivity contribution is -0.167. The molecule has 0 aliphatic rings. The maximum atomic E-state index is 12.5. The number of hydrogen-bond acceptors (Lipinski definition) is 4. The lowest BCUT2D eigenvalue weighted by Gasteiger charge is -2.23. The second-order valence-corrected chi connectivity index (χ2v) is 20.5. The van der Waals surface area contributed by atoms with Crippen LogP contribution in [0.1, 0.15) is 26.7 Å². The number of carbonyl (C=O) groups is 2. The van der Waals surface area contributed by atoms with Crippen molar-refractivity contribution in [1.82, 2.24) is 0 Å². The van der Waals surface area contributed by atoms with Crippen LogP contribution in [0.2, 0.25) is 51.4 Å². The van der Waals surface area contributed by atoms with E-state index in [1.54, 1.807) is 26.0 Å². The van der Waals surface area contributed by atoms with Crippen molar-refractivity contribution in [3.63, 3.8) is 0 Å². The largest absolute Gasteiger partial charge is 0.465 e. The van der Waals surface area contributed by atoms with Crippen LogP contribution < -0.4 is 0 Å². The Morgan fingerprint density at radius 1 is 0.840 bits per heavy atom. The Morgan fingerprint density at radius 3 is 1.48 bits per heavy atom. The van der Waals surface area contributed by atoms with Crippen LogP contribution in [0.3, 0.4) is 0 Å². The van der Waals surface area contributed by atoms with Gasteiger partial charge >= 0.3 is 11.9 Å². The lowest BCUT2D eigenvalue weighted by Crippen LogP contribution is -2.38. The molecule has 0 bridgehead atoms. The highest BCUT2D eigenvalue weighted by Gasteiger charge is 2.42. The summed E-state index contributed by atoms with van der Waals surface area (Å²) in [5, 5.41) is 0. The molecule has 0 unspecified atom stereocenters. The van der Waals surface area contributed by atoms with Gasteiger partial charge in [0.05, 0.1) is 13.2 Å². The predicted octanol–water partition coefficient (Wildman–Crippen LogP) is 5.11. The molecule has 0 amide bonds. The molecule has 0 saturated carbocycles. The Hall–Kier alpha value is -0.886. The van der Waals surface area contributed by atoms with Crippen molar-refractivity contribution in [2.45, 2.75) is 78.1 Å². The van der Waals surface area contributed by atoms with E-state index in [0.717, 1.165) is 24.9 Å². The molecular weight excluding hydrogens is 348 g/mol.